The summed E-state index contributed by atoms with van der Waals surface area (Å²) < 4.78 is 1.14. The van der Waals surface area contributed by atoms with E-state index in [1.54, 1.807) is 0 Å². The van der Waals surface area contributed by atoms with Gasteiger partial charge in [-0.05, 0) is 44.0 Å². The van der Waals surface area contributed by atoms with Crippen LogP contribution in [0.5, 0.6) is 0 Å². The number of anilines is 1. The van der Waals surface area contributed by atoms with E-state index in [9.17, 15) is 0 Å². The third kappa shape index (κ3) is 3.49. The van der Waals surface area contributed by atoms with E-state index in [0.29, 0.717) is 6.04 Å². The Hall–Kier alpha value is -0.0200. The lowest BCUT2D eigenvalue weighted by Gasteiger charge is -2.30. The summed E-state index contributed by atoms with van der Waals surface area (Å²) in [7, 11) is 0. The van der Waals surface area contributed by atoms with Gasteiger partial charge in [0, 0.05) is 28.1 Å². The molecule has 0 atom stereocenters. The molecule has 1 aromatic rings. The molecule has 0 amide bonds. The minimum atomic E-state index is 0.541. The summed E-state index contributed by atoms with van der Waals surface area (Å²) in [5.74, 6) is 0. The lowest BCUT2D eigenvalue weighted by Crippen LogP contribution is -2.32. The van der Waals surface area contributed by atoms with Crippen LogP contribution in [0, 0.1) is 0 Å². The van der Waals surface area contributed by atoms with Crippen molar-refractivity contribution in [2.75, 3.05) is 11.4 Å². The topological polar surface area (TPSA) is 3.24 Å². The molecule has 3 heteroatoms. The van der Waals surface area contributed by atoms with Gasteiger partial charge in [0.15, 0.2) is 0 Å². The molecule has 0 aliphatic rings. The number of hydrogen-bond donors (Lipinski definition) is 0. The van der Waals surface area contributed by atoms with Gasteiger partial charge in [0.05, 0.1) is 0 Å². The number of halogens is 2. The van der Waals surface area contributed by atoms with E-state index < -0.39 is 0 Å². The zero-order chi connectivity index (χ0) is 12.1. The Kier molecular flexibility index (Phi) is 5.84. The van der Waals surface area contributed by atoms with Gasteiger partial charge in [0.1, 0.15) is 0 Å². The molecule has 0 bridgehead atoms. The molecule has 0 aliphatic heterocycles. The average Bonchev–Trinajstić information content (AvgIpc) is 2.26. The molecule has 16 heavy (non-hydrogen) atoms. The minimum Gasteiger partial charge on any atom is -0.369 e. The lowest BCUT2D eigenvalue weighted by atomic mass is 10.1. The van der Waals surface area contributed by atoms with Crippen LogP contribution in [-0.4, -0.2) is 12.6 Å². The summed E-state index contributed by atoms with van der Waals surface area (Å²) in [6, 6.07) is 7.05. The molecule has 0 saturated carbocycles. The third-order valence-electron chi connectivity index (χ3n) is 2.58. The predicted octanol–water partition coefficient (Wildman–Crippen LogP) is 4.97. The van der Waals surface area contributed by atoms with Crippen LogP contribution in [0.4, 0.5) is 5.69 Å². The quantitative estimate of drug-likeness (QED) is 0.679. The van der Waals surface area contributed by atoms with Gasteiger partial charge >= 0.3 is 0 Å². The predicted molar refractivity (Wildman–Crippen MR) is 79.5 cm³/mol. The SMILES string of the molecule is CCCN(c1ccc(Br)cc1CBr)C(C)C. The van der Waals surface area contributed by atoms with Crippen molar-refractivity contribution in [1.82, 2.24) is 0 Å². The van der Waals surface area contributed by atoms with E-state index in [0.717, 1.165) is 16.3 Å². The van der Waals surface area contributed by atoms with E-state index in [1.807, 2.05) is 0 Å². The number of hydrogen-bond acceptors (Lipinski definition) is 1. The fraction of sp³-hybridized carbons (Fsp3) is 0.538. The largest absolute Gasteiger partial charge is 0.369 e. The van der Waals surface area contributed by atoms with E-state index in [2.05, 4.69) is 75.7 Å². The summed E-state index contributed by atoms with van der Waals surface area (Å²) in [4.78, 5) is 2.46. The molecule has 0 unspecified atom stereocenters. The Balaban J connectivity index is 3.07. The number of alkyl halides is 1. The summed E-state index contributed by atoms with van der Waals surface area (Å²) in [5.41, 5.74) is 2.69. The van der Waals surface area contributed by atoms with Gasteiger partial charge in [0.25, 0.3) is 0 Å². The molecule has 0 fully saturated rings. The first-order valence-corrected chi connectivity index (χ1v) is 7.62. The first kappa shape index (κ1) is 14.0. The van der Waals surface area contributed by atoms with Crippen LogP contribution < -0.4 is 4.90 Å². The summed E-state index contributed by atoms with van der Waals surface area (Å²) in [5, 5.41) is 0.898. The van der Waals surface area contributed by atoms with E-state index in [-0.39, 0.29) is 0 Å². The molecule has 1 nitrogen and oxygen atoms in total. The molecule has 0 radical (unpaired) electrons. The highest BCUT2D eigenvalue weighted by molar-refractivity contribution is 9.10. The molecule has 0 spiro atoms. The molecular formula is C13H19Br2N. The maximum absolute atomic E-state index is 3.56. The van der Waals surface area contributed by atoms with Gasteiger partial charge < -0.3 is 4.90 Å². The normalized spacial score (nSPS) is 10.9. The number of benzene rings is 1. The van der Waals surface area contributed by atoms with E-state index in [4.69, 9.17) is 0 Å². The lowest BCUT2D eigenvalue weighted by molar-refractivity contribution is 0.669. The van der Waals surface area contributed by atoms with Gasteiger partial charge in [-0.15, -0.1) is 0 Å². The highest BCUT2D eigenvalue weighted by atomic mass is 79.9. The van der Waals surface area contributed by atoms with Crippen molar-refractivity contribution in [3.05, 3.63) is 28.2 Å². The highest BCUT2D eigenvalue weighted by Gasteiger charge is 2.13. The fourth-order valence-corrected chi connectivity index (χ4v) is 2.70. The first-order valence-electron chi connectivity index (χ1n) is 5.71. The second kappa shape index (κ2) is 6.65. The van der Waals surface area contributed by atoms with Gasteiger partial charge in [0.2, 0.25) is 0 Å². The molecule has 0 saturated heterocycles. The second-order valence-electron chi connectivity index (χ2n) is 4.19. The Morgan fingerprint density at radius 3 is 2.50 bits per heavy atom. The Morgan fingerprint density at radius 2 is 2.00 bits per heavy atom. The first-order chi connectivity index (χ1) is 7.60. The van der Waals surface area contributed by atoms with Crippen LogP contribution in [0.2, 0.25) is 0 Å². The van der Waals surface area contributed by atoms with Crippen molar-refractivity contribution in [2.45, 2.75) is 38.6 Å². The number of rotatable bonds is 5. The van der Waals surface area contributed by atoms with Crippen LogP contribution >= 0.6 is 31.9 Å². The smallest absolute Gasteiger partial charge is 0.0410 e. The Bertz CT molecular complexity index is 337. The molecule has 90 valence electrons. The van der Waals surface area contributed by atoms with E-state index >= 15 is 0 Å². The maximum Gasteiger partial charge on any atom is 0.0410 e. The highest BCUT2D eigenvalue weighted by Crippen LogP contribution is 2.28. The average molecular weight is 349 g/mol. The summed E-state index contributed by atoms with van der Waals surface area (Å²) in [6.45, 7) is 7.83. The Labute approximate surface area is 115 Å². The van der Waals surface area contributed by atoms with E-state index in [1.165, 1.54) is 17.7 Å². The fourth-order valence-electron chi connectivity index (χ4n) is 1.84. The second-order valence-corrected chi connectivity index (χ2v) is 5.67. The molecule has 0 aliphatic carbocycles. The molecule has 0 aromatic heterocycles. The van der Waals surface area contributed by atoms with Crippen LogP contribution in [0.1, 0.15) is 32.8 Å². The maximum atomic E-state index is 3.56. The summed E-state index contributed by atoms with van der Waals surface area (Å²) >= 11 is 7.09. The third-order valence-corrected chi connectivity index (χ3v) is 3.68. The molecular weight excluding hydrogens is 330 g/mol. The van der Waals surface area contributed by atoms with Crippen molar-refractivity contribution in [3.63, 3.8) is 0 Å². The van der Waals surface area contributed by atoms with Crippen LogP contribution in [0.15, 0.2) is 22.7 Å². The summed E-state index contributed by atoms with van der Waals surface area (Å²) in [6.07, 6.45) is 1.18. The monoisotopic (exact) mass is 347 g/mol. The van der Waals surface area contributed by atoms with Crippen molar-refractivity contribution in [2.24, 2.45) is 0 Å². The minimum absolute atomic E-state index is 0.541. The molecule has 1 rings (SSSR count). The van der Waals surface area contributed by atoms with Gasteiger partial charge in [-0.3, -0.25) is 0 Å². The van der Waals surface area contributed by atoms with Gasteiger partial charge in [-0.25, -0.2) is 0 Å². The van der Waals surface area contributed by atoms with Crippen molar-refractivity contribution in [1.29, 1.82) is 0 Å². The van der Waals surface area contributed by atoms with Crippen LogP contribution in [0.3, 0.4) is 0 Å². The Morgan fingerprint density at radius 1 is 1.31 bits per heavy atom. The van der Waals surface area contributed by atoms with Crippen molar-refractivity contribution < 1.29 is 0 Å². The van der Waals surface area contributed by atoms with Crippen molar-refractivity contribution >= 4 is 37.5 Å². The van der Waals surface area contributed by atoms with Crippen LogP contribution in [-0.2, 0) is 5.33 Å². The molecule has 0 N–H and O–H groups in total. The molecule has 0 heterocycles. The van der Waals surface area contributed by atoms with Gasteiger partial charge in [-0.2, -0.15) is 0 Å². The van der Waals surface area contributed by atoms with Gasteiger partial charge in [-0.1, -0.05) is 38.8 Å². The van der Waals surface area contributed by atoms with Crippen LogP contribution in [0.25, 0.3) is 0 Å². The number of nitrogens with zero attached hydrogens (tertiary/aromatic N) is 1. The van der Waals surface area contributed by atoms with Crippen molar-refractivity contribution in [3.8, 4) is 0 Å². The zero-order valence-electron chi connectivity index (χ0n) is 10.1. The zero-order valence-corrected chi connectivity index (χ0v) is 13.3. The molecule has 1 aromatic carbocycles. The standard InChI is InChI=1S/C13H19Br2N/c1-4-7-16(10(2)3)13-6-5-12(15)8-11(13)9-14/h5-6,8,10H,4,7,9H2,1-3H3.